The van der Waals surface area contributed by atoms with Crippen LogP contribution >= 0.6 is 34.4 Å². The Hall–Kier alpha value is -2.40. The maximum absolute atomic E-state index is 12.8. The summed E-state index contributed by atoms with van der Waals surface area (Å²) in [5, 5.41) is -0.326. The Morgan fingerprint density at radius 3 is 2.42 bits per heavy atom. The fraction of sp³-hybridized carbons (Fsp3) is 0.273. The maximum atomic E-state index is 12.8. The van der Waals surface area contributed by atoms with Crippen LogP contribution in [0.2, 0.25) is 0 Å². The summed E-state index contributed by atoms with van der Waals surface area (Å²) in [6, 6.07) is 10.9. The standard InChI is InChI=1S/C22H22INO6S/c1-4-29-20-15(23)11-14(12-18(20)28-3)13-19-21(25)24(22(26)31-19)9-10-30-17-8-6-5-7-16(17)27-2/h5-8,11-13H,4,9-10H2,1-3H3/b19-13-. The lowest BCUT2D eigenvalue weighted by Gasteiger charge is -2.14. The number of hydrogen-bond donors (Lipinski definition) is 0. The van der Waals surface area contributed by atoms with Gasteiger partial charge in [-0.3, -0.25) is 14.5 Å². The van der Waals surface area contributed by atoms with Gasteiger partial charge in [-0.05, 0) is 77.2 Å². The molecule has 9 heteroatoms. The number of para-hydroxylation sites is 2. The number of carbonyl (C=O) groups excluding carboxylic acids is 2. The first-order valence-electron chi connectivity index (χ1n) is 9.50. The minimum absolute atomic E-state index is 0.143. The molecular weight excluding hydrogens is 533 g/mol. The largest absolute Gasteiger partial charge is 0.493 e. The minimum Gasteiger partial charge on any atom is -0.493 e. The van der Waals surface area contributed by atoms with Crippen molar-refractivity contribution in [2.45, 2.75) is 6.92 Å². The van der Waals surface area contributed by atoms with Gasteiger partial charge in [0.15, 0.2) is 23.0 Å². The number of hydrogen-bond acceptors (Lipinski definition) is 7. The molecule has 0 saturated carbocycles. The van der Waals surface area contributed by atoms with Crippen molar-refractivity contribution in [1.29, 1.82) is 0 Å². The summed E-state index contributed by atoms with van der Waals surface area (Å²) < 4.78 is 22.8. The highest BCUT2D eigenvalue weighted by Crippen LogP contribution is 2.37. The Balaban J connectivity index is 1.71. The maximum Gasteiger partial charge on any atom is 0.293 e. The molecule has 164 valence electrons. The first-order valence-corrected chi connectivity index (χ1v) is 11.4. The van der Waals surface area contributed by atoms with Crippen molar-refractivity contribution < 1.29 is 28.5 Å². The molecule has 0 radical (unpaired) electrons. The lowest BCUT2D eigenvalue weighted by Crippen LogP contribution is -2.32. The second-order valence-corrected chi connectivity index (χ2v) is 8.46. The lowest BCUT2D eigenvalue weighted by molar-refractivity contribution is -0.123. The molecule has 31 heavy (non-hydrogen) atoms. The fourth-order valence-corrected chi connectivity index (χ4v) is 4.58. The van der Waals surface area contributed by atoms with Gasteiger partial charge in [0.25, 0.3) is 11.1 Å². The smallest absolute Gasteiger partial charge is 0.293 e. The molecule has 7 nitrogen and oxygen atoms in total. The third-order valence-electron chi connectivity index (χ3n) is 4.35. The van der Waals surface area contributed by atoms with Crippen LogP contribution in [0.4, 0.5) is 4.79 Å². The number of methoxy groups -OCH3 is 2. The van der Waals surface area contributed by atoms with E-state index >= 15 is 0 Å². The van der Waals surface area contributed by atoms with Gasteiger partial charge < -0.3 is 18.9 Å². The zero-order chi connectivity index (χ0) is 22.4. The van der Waals surface area contributed by atoms with E-state index < -0.39 is 0 Å². The van der Waals surface area contributed by atoms with Gasteiger partial charge in [0.2, 0.25) is 0 Å². The topological polar surface area (TPSA) is 74.3 Å². The molecule has 0 N–H and O–H groups in total. The zero-order valence-electron chi connectivity index (χ0n) is 17.3. The number of nitrogens with zero attached hydrogens (tertiary/aromatic N) is 1. The van der Waals surface area contributed by atoms with Crippen LogP contribution in [0.25, 0.3) is 6.08 Å². The molecule has 0 spiro atoms. The first kappa shape index (κ1) is 23.3. The van der Waals surface area contributed by atoms with Gasteiger partial charge in [-0.15, -0.1) is 0 Å². The molecule has 1 saturated heterocycles. The van der Waals surface area contributed by atoms with Gasteiger partial charge in [0.1, 0.15) is 6.61 Å². The average molecular weight is 555 g/mol. The molecule has 0 aromatic heterocycles. The number of carbonyl (C=O) groups is 2. The highest BCUT2D eigenvalue weighted by molar-refractivity contribution is 14.1. The van der Waals surface area contributed by atoms with Crippen LogP contribution in [0, 0.1) is 3.57 Å². The molecule has 1 aliphatic rings. The normalized spacial score (nSPS) is 14.8. The van der Waals surface area contributed by atoms with Gasteiger partial charge in [0, 0.05) is 0 Å². The Morgan fingerprint density at radius 1 is 1.03 bits per heavy atom. The second kappa shape index (κ2) is 10.8. The number of imide groups is 1. The molecule has 2 amide bonds. The van der Waals surface area contributed by atoms with Gasteiger partial charge >= 0.3 is 0 Å². The van der Waals surface area contributed by atoms with E-state index in [1.54, 1.807) is 38.5 Å². The van der Waals surface area contributed by atoms with Gasteiger partial charge in [-0.2, -0.15) is 0 Å². The van der Waals surface area contributed by atoms with Crippen LogP contribution in [0.1, 0.15) is 12.5 Å². The summed E-state index contributed by atoms with van der Waals surface area (Å²) in [4.78, 5) is 26.7. The predicted octanol–water partition coefficient (Wildman–Crippen LogP) is 4.82. The second-order valence-electron chi connectivity index (χ2n) is 6.30. The van der Waals surface area contributed by atoms with E-state index in [1.165, 1.54) is 4.90 Å². The SMILES string of the molecule is CCOc1c(I)cc(/C=C2\SC(=O)N(CCOc3ccccc3OC)C2=O)cc1OC. The summed E-state index contributed by atoms with van der Waals surface area (Å²) in [6.07, 6.45) is 1.69. The third-order valence-corrected chi connectivity index (χ3v) is 6.06. The van der Waals surface area contributed by atoms with Gasteiger partial charge in [-0.1, -0.05) is 12.1 Å². The number of rotatable bonds is 9. The molecule has 2 aromatic carbocycles. The molecule has 0 unspecified atom stereocenters. The van der Waals surface area contributed by atoms with E-state index in [4.69, 9.17) is 18.9 Å². The number of ether oxygens (including phenoxy) is 4. The van der Waals surface area contributed by atoms with Crippen LogP contribution in [0.3, 0.4) is 0 Å². The van der Waals surface area contributed by atoms with E-state index in [-0.39, 0.29) is 24.3 Å². The van der Waals surface area contributed by atoms with E-state index in [9.17, 15) is 9.59 Å². The van der Waals surface area contributed by atoms with Crippen molar-refractivity contribution in [3.8, 4) is 23.0 Å². The molecule has 2 aromatic rings. The monoisotopic (exact) mass is 555 g/mol. The van der Waals surface area contributed by atoms with E-state index in [0.717, 1.165) is 20.9 Å². The Kier molecular flexibility index (Phi) is 8.08. The highest BCUT2D eigenvalue weighted by atomic mass is 127. The molecule has 1 aliphatic heterocycles. The highest BCUT2D eigenvalue weighted by Gasteiger charge is 2.35. The molecule has 0 bridgehead atoms. The van der Waals surface area contributed by atoms with Crippen molar-refractivity contribution >= 4 is 51.6 Å². The summed E-state index contributed by atoms with van der Waals surface area (Å²) in [5.41, 5.74) is 0.750. The zero-order valence-corrected chi connectivity index (χ0v) is 20.3. The van der Waals surface area contributed by atoms with Crippen LogP contribution in [0.15, 0.2) is 41.3 Å². The Morgan fingerprint density at radius 2 is 1.74 bits per heavy atom. The average Bonchev–Trinajstić information content (AvgIpc) is 3.03. The van der Waals surface area contributed by atoms with Crippen LogP contribution in [0.5, 0.6) is 23.0 Å². The van der Waals surface area contributed by atoms with E-state index in [0.29, 0.717) is 34.5 Å². The number of thioether (sulfide) groups is 1. The number of halogens is 1. The van der Waals surface area contributed by atoms with Crippen molar-refractivity contribution in [3.63, 3.8) is 0 Å². The Bertz CT molecular complexity index is 1010. The summed E-state index contributed by atoms with van der Waals surface area (Å²) in [7, 11) is 3.12. The van der Waals surface area contributed by atoms with Crippen molar-refractivity contribution in [1.82, 2.24) is 4.90 Å². The van der Waals surface area contributed by atoms with Gasteiger partial charge in [0.05, 0.1) is 35.8 Å². The summed E-state index contributed by atoms with van der Waals surface area (Å²) in [5.74, 6) is 2.04. The van der Waals surface area contributed by atoms with Crippen molar-refractivity contribution in [3.05, 3.63) is 50.4 Å². The van der Waals surface area contributed by atoms with Crippen molar-refractivity contribution in [2.24, 2.45) is 0 Å². The van der Waals surface area contributed by atoms with E-state index in [1.807, 2.05) is 25.1 Å². The number of amides is 2. The lowest BCUT2D eigenvalue weighted by atomic mass is 10.2. The molecule has 0 aliphatic carbocycles. The molecule has 0 atom stereocenters. The molecular formula is C22H22INO6S. The summed E-state index contributed by atoms with van der Waals surface area (Å²) in [6.45, 7) is 2.73. The van der Waals surface area contributed by atoms with Gasteiger partial charge in [-0.25, -0.2) is 0 Å². The van der Waals surface area contributed by atoms with E-state index in [2.05, 4.69) is 22.6 Å². The molecule has 1 fully saturated rings. The molecule has 1 heterocycles. The number of benzene rings is 2. The molecule has 3 rings (SSSR count). The minimum atomic E-state index is -0.346. The third kappa shape index (κ3) is 5.45. The van der Waals surface area contributed by atoms with Crippen LogP contribution < -0.4 is 18.9 Å². The van der Waals surface area contributed by atoms with Crippen LogP contribution in [-0.4, -0.2) is 50.0 Å². The quantitative estimate of drug-likeness (QED) is 0.325. The Labute approximate surface area is 198 Å². The van der Waals surface area contributed by atoms with Crippen LogP contribution in [-0.2, 0) is 4.79 Å². The first-order chi connectivity index (χ1) is 15.0. The summed E-state index contributed by atoms with van der Waals surface area (Å²) >= 11 is 3.07. The fourth-order valence-electron chi connectivity index (χ4n) is 2.94. The predicted molar refractivity (Wildman–Crippen MR) is 128 cm³/mol. The van der Waals surface area contributed by atoms with Crippen molar-refractivity contribution in [2.75, 3.05) is 34.0 Å².